The summed E-state index contributed by atoms with van der Waals surface area (Å²) in [6.07, 6.45) is 4.49. The van der Waals surface area contributed by atoms with Crippen LogP contribution in [0, 0.1) is 0 Å². The molecule has 2 aromatic rings. The number of rotatable bonds is 4. The quantitative estimate of drug-likeness (QED) is 0.859. The van der Waals surface area contributed by atoms with E-state index in [-0.39, 0.29) is 11.7 Å². The highest BCUT2D eigenvalue weighted by Crippen LogP contribution is 2.10. The normalized spacial score (nSPS) is 9.85. The van der Waals surface area contributed by atoms with Gasteiger partial charge in [0.15, 0.2) is 0 Å². The van der Waals surface area contributed by atoms with Crippen LogP contribution in [0.25, 0.3) is 0 Å². The lowest BCUT2D eigenvalue weighted by atomic mass is 10.2. The lowest BCUT2D eigenvalue weighted by Crippen LogP contribution is -2.14. The smallest absolute Gasteiger partial charge is 0.338 e. The number of esters is 1. The van der Waals surface area contributed by atoms with Crippen molar-refractivity contribution in [2.75, 3.05) is 11.9 Å². The largest absolute Gasteiger partial charge is 0.462 e. The van der Waals surface area contributed by atoms with Gasteiger partial charge in [0.2, 0.25) is 0 Å². The molecule has 2 rings (SSSR count). The molecule has 0 spiro atoms. The average Bonchev–Trinajstić information content (AvgIpc) is 2.48. The summed E-state index contributed by atoms with van der Waals surface area (Å²) in [4.78, 5) is 31.3. The second-order valence-corrected chi connectivity index (χ2v) is 3.84. The summed E-state index contributed by atoms with van der Waals surface area (Å²) in [5.74, 6) is -0.479. The summed E-state index contributed by atoms with van der Waals surface area (Å²) in [7, 11) is 0. The van der Waals surface area contributed by atoms with E-state index in [9.17, 15) is 9.59 Å². The van der Waals surface area contributed by atoms with Gasteiger partial charge in [0.25, 0.3) is 5.91 Å². The number of ether oxygens (including phenoxy) is 1. The molecule has 2 aromatic heterocycles. The third-order valence-corrected chi connectivity index (χ3v) is 2.46. The van der Waals surface area contributed by atoms with Crippen LogP contribution in [0.1, 0.15) is 27.6 Å². The van der Waals surface area contributed by atoms with Gasteiger partial charge >= 0.3 is 5.97 Å². The molecule has 1 N–H and O–H groups in total. The third-order valence-electron chi connectivity index (χ3n) is 2.46. The molecule has 0 saturated heterocycles. The number of pyridine rings is 2. The standard InChI is InChI=1S/C14H13N3O3/c1-2-20-14(19)11-5-8-16-12(9-11)17-13(18)10-3-6-15-7-4-10/h3-9H,2H2,1H3,(H,16,17,18). The van der Waals surface area contributed by atoms with Crippen molar-refractivity contribution in [1.82, 2.24) is 9.97 Å². The maximum absolute atomic E-state index is 11.9. The Kier molecular flexibility index (Phi) is 4.39. The van der Waals surface area contributed by atoms with Gasteiger partial charge in [0.1, 0.15) is 5.82 Å². The Morgan fingerprint density at radius 3 is 2.55 bits per heavy atom. The highest BCUT2D eigenvalue weighted by Gasteiger charge is 2.10. The first kappa shape index (κ1) is 13.7. The highest BCUT2D eigenvalue weighted by molar-refractivity contribution is 6.04. The fraction of sp³-hybridized carbons (Fsp3) is 0.143. The van der Waals surface area contributed by atoms with E-state index in [1.54, 1.807) is 19.1 Å². The lowest BCUT2D eigenvalue weighted by Gasteiger charge is -2.06. The summed E-state index contributed by atoms with van der Waals surface area (Å²) in [5, 5.41) is 2.61. The first-order valence-electron chi connectivity index (χ1n) is 6.05. The van der Waals surface area contributed by atoms with Gasteiger partial charge in [-0.3, -0.25) is 9.78 Å². The van der Waals surface area contributed by atoms with Gasteiger partial charge in [-0.2, -0.15) is 0 Å². The van der Waals surface area contributed by atoms with E-state index in [0.29, 0.717) is 17.7 Å². The van der Waals surface area contributed by atoms with Gasteiger partial charge in [0.05, 0.1) is 12.2 Å². The molecular weight excluding hydrogens is 258 g/mol. The van der Waals surface area contributed by atoms with E-state index in [0.717, 1.165) is 0 Å². The van der Waals surface area contributed by atoms with Crippen molar-refractivity contribution < 1.29 is 14.3 Å². The number of nitrogens with one attached hydrogen (secondary N) is 1. The number of anilines is 1. The number of nitrogens with zero attached hydrogens (tertiary/aromatic N) is 2. The van der Waals surface area contributed by atoms with Crippen molar-refractivity contribution in [1.29, 1.82) is 0 Å². The summed E-state index contributed by atoms with van der Waals surface area (Å²) in [6, 6.07) is 6.17. The second-order valence-electron chi connectivity index (χ2n) is 3.84. The van der Waals surface area contributed by atoms with Crippen LogP contribution >= 0.6 is 0 Å². The fourth-order valence-electron chi connectivity index (χ4n) is 1.53. The minimum atomic E-state index is -0.450. The molecule has 6 heteroatoms. The molecule has 0 aromatic carbocycles. The molecule has 0 atom stereocenters. The van der Waals surface area contributed by atoms with E-state index >= 15 is 0 Å². The number of aromatic nitrogens is 2. The van der Waals surface area contributed by atoms with Crippen LogP contribution in [0.2, 0.25) is 0 Å². The van der Waals surface area contributed by atoms with E-state index < -0.39 is 5.97 Å². The zero-order chi connectivity index (χ0) is 14.4. The van der Waals surface area contributed by atoms with E-state index in [2.05, 4.69) is 15.3 Å². The molecule has 0 aliphatic rings. The third kappa shape index (κ3) is 3.38. The topological polar surface area (TPSA) is 81.2 Å². The SMILES string of the molecule is CCOC(=O)c1ccnc(NC(=O)c2ccncc2)c1. The Balaban J connectivity index is 2.12. The zero-order valence-electron chi connectivity index (χ0n) is 10.9. The van der Waals surface area contributed by atoms with Crippen molar-refractivity contribution in [3.63, 3.8) is 0 Å². The molecule has 102 valence electrons. The molecule has 0 aliphatic carbocycles. The van der Waals surface area contributed by atoms with Gasteiger partial charge in [-0.05, 0) is 31.2 Å². The molecule has 20 heavy (non-hydrogen) atoms. The molecule has 0 unspecified atom stereocenters. The van der Waals surface area contributed by atoms with Gasteiger partial charge in [-0.15, -0.1) is 0 Å². The number of carbonyl (C=O) groups is 2. The first-order chi connectivity index (χ1) is 9.70. The Morgan fingerprint density at radius 2 is 1.85 bits per heavy atom. The van der Waals surface area contributed by atoms with Crippen LogP contribution in [-0.2, 0) is 4.74 Å². The minimum Gasteiger partial charge on any atom is -0.462 e. The van der Waals surface area contributed by atoms with Crippen LogP contribution in [0.15, 0.2) is 42.9 Å². The summed E-state index contributed by atoms with van der Waals surface area (Å²) < 4.78 is 4.88. The van der Waals surface area contributed by atoms with Crippen molar-refractivity contribution in [2.45, 2.75) is 6.92 Å². The van der Waals surface area contributed by atoms with Gasteiger partial charge in [0, 0.05) is 24.2 Å². The van der Waals surface area contributed by atoms with Gasteiger partial charge in [-0.25, -0.2) is 9.78 Å². The van der Waals surface area contributed by atoms with Gasteiger partial charge < -0.3 is 10.1 Å². The molecular formula is C14H13N3O3. The minimum absolute atomic E-state index is 0.289. The maximum atomic E-state index is 11.9. The summed E-state index contributed by atoms with van der Waals surface area (Å²) in [5.41, 5.74) is 0.801. The Labute approximate surface area is 115 Å². The number of hydrogen-bond acceptors (Lipinski definition) is 5. The highest BCUT2D eigenvalue weighted by atomic mass is 16.5. The Hall–Kier alpha value is -2.76. The fourth-order valence-corrected chi connectivity index (χ4v) is 1.53. The van der Waals surface area contributed by atoms with Crippen LogP contribution < -0.4 is 5.32 Å². The summed E-state index contributed by atoms with van der Waals surface area (Å²) >= 11 is 0. The van der Waals surface area contributed by atoms with Crippen molar-refractivity contribution in [3.05, 3.63) is 54.0 Å². The molecule has 0 fully saturated rings. The molecule has 2 heterocycles. The first-order valence-corrected chi connectivity index (χ1v) is 6.05. The van der Waals surface area contributed by atoms with Crippen LogP contribution in [0.3, 0.4) is 0 Å². The predicted octanol–water partition coefficient (Wildman–Crippen LogP) is 1.91. The number of hydrogen-bond donors (Lipinski definition) is 1. The van der Waals surface area contributed by atoms with Crippen molar-refractivity contribution in [3.8, 4) is 0 Å². The molecule has 6 nitrogen and oxygen atoms in total. The molecule has 0 aliphatic heterocycles. The molecule has 1 amide bonds. The molecule has 0 saturated carbocycles. The molecule has 0 bridgehead atoms. The monoisotopic (exact) mass is 271 g/mol. The van der Waals surface area contributed by atoms with Crippen LogP contribution in [0.4, 0.5) is 5.82 Å². The number of carbonyl (C=O) groups excluding carboxylic acids is 2. The second kappa shape index (κ2) is 6.42. The molecule has 0 radical (unpaired) electrons. The van der Waals surface area contributed by atoms with Crippen molar-refractivity contribution in [2.24, 2.45) is 0 Å². The lowest BCUT2D eigenvalue weighted by molar-refractivity contribution is 0.0526. The maximum Gasteiger partial charge on any atom is 0.338 e. The average molecular weight is 271 g/mol. The Bertz CT molecular complexity index is 614. The van der Waals surface area contributed by atoms with Crippen LogP contribution in [-0.4, -0.2) is 28.5 Å². The van der Waals surface area contributed by atoms with E-state index in [1.807, 2.05) is 0 Å². The predicted molar refractivity (Wildman–Crippen MR) is 72.4 cm³/mol. The zero-order valence-corrected chi connectivity index (χ0v) is 10.9. The van der Waals surface area contributed by atoms with E-state index in [1.165, 1.54) is 30.7 Å². The van der Waals surface area contributed by atoms with Crippen molar-refractivity contribution >= 4 is 17.7 Å². The van der Waals surface area contributed by atoms with Crippen LogP contribution in [0.5, 0.6) is 0 Å². The summed E-state index contributed by atoms with van der Waals surface area (Å²) in [6.45, 7) is 2.02. The van der Waals surface area contributed by atoms with E-state index in [4.69, 9.17) is 4.74 Å². The Morgan fingerprint density at radius 1 is 1.15 bits per heavy atom. The van der Waals surface area contributed by atoms with Gasteiger partial charge in [-0.1, -0.05) is 0 Å². The number of amides is 1.